The van der Waals surface area contributed by atoms with Crippen LogP contribution in [0.2, 0.25) is 5.02 Å². The van der Waals surface area contributed by atoms with Crippen LogP contribution in [0.1, 0.15) is 48.9 Å². The van der Waals surface area contributed by atoms with Crippen LogP contribution in [-0.4, -0.2) is 54.4 Å². The Kier molecular flexibility index (Phi) is 7.71. The molecule has 0 aliphatic carbocycles. The van der Waals surface area contributed by atoms with Crippen LogP contribution in [0.25, 0.3) is 0 Å². The lowest BCUT2D eigenvalue weighted by Gasteiger charge is -2.42. The highest BCUT2D eigenvalue weighted by molar-refractivity contribution is 6.30. The highest BCUT2D eigenvalue weighted by Crippen LogP contribution is 2.37. The number of amides is 2. The Balaban J connectivity index is 1.47. The van der Waals surface area contributed by atoms with Gasteiger partial charge in [0.1, 0.15) is 22.9 Å². The van der Waals surface area contributed by atoms with Crippen molar-refractivity contribution in [1.82, 2.24) is 9.80 Å². The van der Waals surface area contributed by atoms with Gasteiger partial charge in [-0.25, -0.2) is 8.78 Å². The molecule has 34 heavy (non-hydrogen) atoms. The number of likely N-dealkylation sites (tertiary alicyclic amines) is 2. The Labute approximate surface area is 203 Å². The summed E-state index contributed by atoms with van der Waals surface area (Å²) in [5, 5.41) is 0.606. The number of benzene rings is 2. The fourth-order valence-corrected chi connectivity index (χ4v) is 4.89. The summed E-state index contributed by atoms with van der Waals surface area (Å²) in [4.78, 5) is 29.4. The van der Waals surface area contributed by atoms with Crippen molar-refractivity contribution in [1.29, 1.82) is 0 Å². The van der Waals surface area contributed by atoms with Gasteiger partial charge in [-0.15, -0.1) is 0 Å². The number of rotatable bonds is 6. The Morgan fingerprint density at radius 3 is 2.12 bits per heavy atom. The number of nitrogens with zero attached hydrogens (tertiary/aromatic N) is 2. The minimum Gasteiger partial charge on any atom is -0.493 e. The number of piperidine rings is 2. The normalized spacial score (nSPS) is 18.0. The molecule has 0 unspecified atom stereocenters. The number of carbonyl (C=O) groups is 2. The lowest BCUT2D eigenvalue weighted by Crippen LogP contribution is -2.48. The first-order valence-corrected chi connectivity index (χ1v) is 12.1. The number of halogens is 3. The average molecular weight is 491 g/mol. The van der Waals surface area contributed by atoms with Crippen LogP contribution in [0.15, 0.2) is 42.5 Å². The average Bonchev–Trinajstić information content (AvgIpc) is 2.84. The SMILES string of the molecule is O=C(CC1(COc2ccc(Cl)cc2)CCN(C(=O)c2c(F)cccc2F)CC1)N1CCCCC1. The van der Waals surface area contributed by atoms with Gasteiger partial charge in [0, 0.05) is 43.0 Å². The molecular weight excluding hydrogens is 462 g/mol. The molecule has 2 aromatic carbocycles. The molecule has 0 aromatic heterocycles. The van der Waals surface area contributed by atoms with E-state index in [9.17, 15) is 18.4 Å². The van der Waals surface area contributed by atoms with Crippen molar-refractivity contribution in [3.8, 4) is 5.75 Å². The Hall–Kier alpha value is -2.67. The zero-order chi connectivity index (χ0) is 24.1. The Morgan fingerprint density at radius 1 is 0.882 bits per heavy atom. The molecule has 182 valence electrons. The van der Waals surface area contributed by atoms with Crippen LogP contribution in [-0.2, 0) is 4.79 Å². The zero-order valence-corrected chi connectivity index (χ0v) is 19.8. The second-order valence-electron chi connectivity index (χ2n) is 9.25. The molecule has 2 saturated heterocycles. The van der Waals surface area contributed by atoms with Gasteiger partial charge in [-0.3, -0.25) is 9.59 Å². The minimum atomic E-state index is -0.867. The van der Waals surface area contributed by atoms with Crippen LogP contribution in [0, 0.1) is 17.0 Å². The molecule has 0 spiro atoms. The summed E-state index contributed by atoms with van der Waals surface area (Å²) in [6.45, 7) is 2.44. The van der Waals surface area contributed by atoms with Gasteiger partial charge >= 0.3 is 0 Å². The van der Waals surface area contributed by atoms with Gasteiger partial charge in [0.25, 0.3) is 5.91 Å². The van der Waals surface area contributed by atoms with E-state index < -0.39 is 28.5 Å². The summed E-state index contributed by atoms with van der Waals surface area (Å²) >= 11 is 5.96. The molecule has 2 aliphatic heterocycles. The van der Waals surface area contributed by atoms with Crippen LogP contribution in [0.4, 0.5) is 8.78 Å². The van der Waals surface area contributed by atoms with E-state index in [1.165, 1.54) is 11.0 Å². The Morgan fingerprint density at radius 2 is 1.50 bits per heavy atom. The van der Waals surface area contributed by atoms with E-state index in [2.05, 4.69) is 0 Å². The predicted molar refractivity (Wildman–Crippen MR) is 126 cm³/mol. The van der Waals surface area contributed by atoms with Gasteiger partial charge in [-0.05, 0) is 68.5 Å². The van der Waals surface area contributed by atoms with E-state index in [0.29, 0.717) is 49.7 Å². The van der Waals surface area contributed by atoms with Gasteiger partial charge in [0.15, 0.2) is 0 Å². The number of hydrogen-bond acceptors (Lipinski definition) is 3. The smallest absolute Gasteiger partial charge is 0.259 e. The van der Waals surface area contributed by atoms with Gasteiger partial charge in [-0.1, -0.05) is 17.7 Å². The fourth-order valence-electron chi connectivity index (χ4n) is 4.76. The molecule has 4 rings (SSSR count). The summed E-state index contributed by atoms with van der Waals surface area (Å²) in [7, 11) is 0. The van der Waals surface area contributed by atoms with E-state index in [4.69, 9.17) is 16.3 Å². The summed E-state index contributed by atoms with van der Waals surface area (Å²) in [6.07, 6.45) is 4.48. The number of hydrogen-bond donors (Lipinski definition) is 0. The lowest BCUT2D eigenvalue weighted by molar-refractivity contribution is -0.136. The van der Waals surface area contributed by atoms with Gasteiger partial charge in [0.2, 0.25) is 5.91 Å². The molecule has 0 radical (unpaired) electrons. The van der Waals surface area contributed by atoms with Crippen molar-refractivity contribution in [2.24, 2.45) is 5.41 Å². The quantitative estimate of drug-likeness (QED) is 0.550. The van der Waals surface area contributed by atoms with Crippen molar-refractivity contribution in [3.05, 3.63) is 64.7 Å². The van der Waals surface area contributed by atoms with Crippen LogP contribution in [0.3, 0.4) is 0 Å². The van der Waals surface area contributed by atoms with Crippen LogP contribution < -0.4 is 4.74 Å². The molecule has 8 heteroatoms. The largest absolute Gasteiger partial charge is 0.493 e. The molecule has 2 heterocycles. The summed E-state index contributed by atoms with van der Waals surface area (Å²) in [5.74, 6) is -1.65. The number of carbonyl (C=O) groups excluding carboxylic acids is 2. The third-order valence-electron chi connectivity index (χ3n) is 6.88. The first-order valence-electron chi connectivity index (χ1n) is 11.8. The zero-order valence-electron chi connectivity index (χ0n) is 19.1. The van der Waals surface area contributed by atoms with Gasteiger partial charge in [-0.2, -0.15) is 0 Å². The van der Waals surface area contributed by atoms with Crippen LogP contribution in [0.5, 0.6) is 5.75 Å². The molecule has 0 N–H and O–H groups in total. The predicted octanol–water partition coefficient (Wildman–Crippen LogP) is 5.32. The third-order valence-corrected chi connectivity index (χ3v) is 7.13. The molecule has 5 nitrogen and oxygen atoms in total. The maximum absolute atomic E-state index is 14.2. The first kappa shape index (κ1) is 24.5. The van der Waals surface area contributed by atoms with E-state index in [0.717, 1.165) is 44.5 Å². The molecule has 0 atom stereocenters. The summed E-state index contributed by atoms with van der Waals surface area (Å²) in [6, 6.07) is 10.5. The van der Waals surface area contributed by atoms with Crippen molar-refractivity contribution >= 4 is 23.4 Å². The van der Waals surface area contributed by atoms with Gasteiger partial charge < -0.3 is 14.5 Å². The first-order chi connectivity index (χ1) is 16.4. The van der Waals surface area contributed by atoms with Crippen molar-refractivity contribution < 1.29 is 23.1 Å². The van der Waals surface area contributed by atoms with Crippen molar-refractivity contribution in [2.75, 3.05) is 32.8 Å². The lowest BCUT2D eigenvalue weighted by atomic mass is 9.75. The third kappa shape index (κ3) is 5.69. The molecule has 0 bridgehead atoms. The topological polar surface area (TPSA) is 49.9 Å². The van der Waals surface area contributed by atoms with E-state index in [-0.39, 0.29) is 5.91 Å². The van der Waals surface area contributed by atoms with E-state index in [1.807, 2.05) is 4.90 Å². The maximum atomic E-state index is 14.2. The summed E-state index contributed by atoms with van der Waals surface area (Å²) < 4.78 is 34.4. The molecule has 2 aromatic rings. The second kappa shape index (κ2) is 10.7. The standard InChI is InChI=1S/C26H29ClF2N2O3/c27-19-7-9-20(10-8-19)34-18-26(17-23(32)30-13-2-1-3-14-30)11-15-31(16-12-26)25(33)24-21(28)5-4-6-22(24)29/h4-10H,1-3,11-18H2. The molecule has 2 amide bonds. The molecule has 0 saturated carbocycles. The summed E-state index contributed by atoms with van der Waals surface area (Å²) in [5.41, 5.74) is -1.00. The van der Waals surface area contributed by atoms with E-state index in [1.54, 1.807) is 24.3 Å². The maximum Gasteiger partial charge on any atom is 0.259 e. The fraction of sp³-hybridized carbons (Fsp3) is 0.462. The second-order valence-corrected chi connectivity index (χ2v) is 9.69. The minimum absolute atomic E-state index is 0.0966. The monoisotopic (exact) mass is 490 g/mol. The van der Waals surface area contributed by atoms with Crippen molar-refractivity contribution in [3.63, 3.8) is 0 Å². The van der Waals surface area contributed by atoms with E-state index >= 15 is 0 Å². The van der Waals surface area contributed by atoms with Crippen molar-refractivity contribution in [2.45, 2.75) is 38.5 Å². The highest BCUT2D eigenvalue weighted by atomic mass is 35.5. The van der Waals surface area contributed by atoms with Gasteiger partial charge in [0.05, 0.1) is 6.61 Å². The highest BCUT2D eigenvalue weighted by Gasteiger charge is 2.40. The molecule has 2 fully saturated rings. The molecular formula is C26H29ClF2N2O3. The number of ether oxygens (including phenoxy) is 1. The molecule has 2 aliphatic rings. The van der Waals surface area contributed by atoms with Crippen LogP contribution >= 0.6 is 11.6 Å². The Bertz CT molecular complexity index is 997.